The number of rotatable bonds is 6. The Kier molecular flexibility index (Phi) is 6.51. The molecule has 0 aliphatic rings. The highest BCUT2D eigenvalue weighted by Crippen LogP contribution is 2.20. The van der Waals surface area contributed by atoms with E-state index in [9.17, 15) is 9.59 Å². The SMILES string of the molecule is Cc1cc(C)cc(N(CCC#N)C(=O)COC(=O)c2ccccc2C)c1. The first-order valence-corrected chi connectivity index (χ1v) is 8.40. The van der Waals surface area contributed by atoms with Gasteiger partial charge in [-0.25, -0.2) is 4.79 Å². The minimum absolute atomic E-state index is 0.199. The zero-order valence-electron chi connectivity index (χ0n) is 15.3. The van der Waals surface area contributed by atoms with E-state index in [1.165, 1.54) is 4.90 Å². The molecule has 0 fully saturated rings. The summed E-state index contributed by atoms with van der Waals surface area (Å²) in [5, 5.41) is 8.88. The smallest absolute Gasteiger partial charge is 0.338 e. The maximum atomic E-state index is 12.6. The molecule has 0 saturated carbocycles. The summed E-state index contributed by atoms with van der Waals surface area (Å²) in [5.41, 5.74) is 3.98. The third kappa shape index (κ3) is 4.93. The van der Waals surface area contributed by atoms with Crippen LogP contribution in [0.3, 0.4) is 0 Å². The maximum Gasteiger partial charge on any atom is 0.338 e. The van der Waals surface area contributed by atoms with Crippen LogP contribution in [0.4, 0.5) is 5.69 Å². The molecule has 5 heteroatoms. The van der Waals surface area contributed by atoms with E-state index in [0.717, 1.165) is 16.7 Å². The van der Waals surface area contributed by atoms with Gasteiger partial charge in [-0.2, -0.15) is 5.26 Å². The first-order chi connectivity index (χ1) is 12.4. The number of hydrogen-bond donors (Lipinski definition) is 0. The van der Waals surface area contributed by atoms with Crippen LogP contribution < -0.4 is 4.90 Å². The molecule has 0 aliphatic heterocycles. The van der Waals surface area contributed by atoms with Crippen molar-refractivity contribution < 1.29 is 14.3 Å². The topological polar surface area (TPSA) is 70.4 Å². The molecule has 5 nitrogen and oxygen atoms in total. The van der Waals surface area contributed by atoms with Gasteiger partial charge < -0.3 is 9.64 Å². The minimum atomic E-state index is -0.530. The van der Waals surface area contributed by atoms with Gasteiger partial charge in [0.1, 0.15) is 0 Å². The third-order valence-electron chi connectivity index (χ3n) is 3.96. The molecule has 26 heavy (non-hydrogen) atoms. The lowest BCUT2D eigenvalue weighted by Gasteiger charge is -2.22. The number of nitriles is 1. The Bertz CT molecular complexity index is 832. The number of carbonyl (C=O) groups excluding carboxylic acids is 2. The van der Waals surface area contributed by atoms with Crippen LogP contribution in [0.2, 0.25) is 0 Å². The molecule has 0 bridgehead atoms. The van der Waals surface area contributed by atoms with E-state index in [1.54, 1.807) is 12.1 Å². The first-order valence-electron chi connectivity index (χ1n) is 8.40. The fourth-order valence-electron chi connectivity index (χ4n) is 2.75. The van der Waals surface area contributed by atoms with Crippen molar-refractivity contribution in [3.8, 4) is 6.07 Å². The number of nitrogens with zero attached hydrogens (tertiary/aromatic N) is 2. The van der Waals surface area contributed by atoms with Crippen molar-refractivity contribution in [3.63, 3.8) is 0 Å². The molecular weight excluding hydrogens is 328 g/mol. The highest BCUT2D eigenvalue weighted by Gasteiger charge is 2.19. The predicted molar refractivity (Wildman–Crippen MR) is 100.0 cm³/mol. The van der Waals surface area contributed by atoms with Gasteiger partial charge >= 0.3 is 5.97 Å². The van der Waals surface area contributed by atoms with Crippen LogP contribution in [-0.2, 0) is 9.53 Å². The highest BCUT2D eigenvalue weighted by molar-refractivity contribution is 5.97. The molecule has 0 spiro atoms. The Morgan fingerprint density at radius 3 is 2.35 bits per heavy atom. The molecule has 0 aliphatic carbocycles. The van der Waals surface area contributed by atoms with E-state index >= 15 is 0 Å². The molecule has 2 aromatic carbocycles. The van der Waals surface area contributed by atoms with Gasteiger partial charge in [0.05, 0.1) is 18.1 Å². The Balaban J connectivity index is 2.13. The Labute approximate surface area is 153 Å². The molecule has 0 N–H and O–H groups in total. The summed E-state index contributed by atoms with van der Waals surface area (Å²) in [5.74, 6) is -0.885. The summed E-state index contributed by atoms with van der Waals surface area (Å²) in [6.07, 6.45) is 0.199. The molecule has 1 amide bonds. The molecule has 2 aromatic rings. The second kappa shape index (κ2) is 8.82. The monoisotopic (exact) mass is 350 g/mol. The lowest BCUT2D eigenvalue weighted by Crippen LogP contribution is -2.35. The van der Waals surface area contributed by atoms with Gasteiger partial charge in [0.2, 0.25) is 0 Å². The quantitative estimate of drug-likeness (QED) is 0.745. The number of aryl methyl sites for hydroxylation is 3. The van der Waals surface area contributed by atoms with Gasteiger partial charge in [-0.15, -0.1) is 0 Å². The molecule has 0 heterocycles. The summed E-state index contributed by atoms with van der Waals surface area (Å²) in [4.78, 5) is 26.3. The Morgan fingerprint density at radius 2 is 1.73 bits per heavy atom. The van der Waals surface area contributed by atoms with E-state index in [1.807, 2.05) is 57.2 Å². The van der Waals surface area contributed by atoms with Crippen molar-refractivity contribution in [2.45, 2.75) is 27.2 Å². The van der Waals surface area contributed by atoms with Crippen LogP contribution in [0.1, 0.15) is 33.5 Å². The summed E-state index contributed by atoms with van der Waals surface area (Å²) >= 11 is 0. The molecule has 0 saturated heterocycles. The number of ether oxygens (including phenoxy) is 1. The zero-order valence-corrected chi connectivity index (χ0v) is 15.3. The molecule has 0 unspecified atom stereocenters. The largest absolute Gasteiger partial charge is 0.452 e. The van der Waals surface area contributed by atoms with Crippen LogP contribution in [0.5, 0.6) is 0 Å². The second-order valence-corrected chi connectivity index (χ2v) is 6.19. The zero-order chi connectivity index (χ0) is 19.1. The average molecular weight is 350 g/mol. The van der Waals surface area contributed by atoms with Crippen LogP contribution in [0.25, 0.3) is 0 Å². The standard InChI is InChI=1S/C21H22N2O3/c1-15-11-16(2)13-18(12-15)23(10-6-9-22)20(24)14-26-21(25)19-8-5-4-7-17(19)3/h4-5,7-8,11-13H,6,10,14H2,1-3H3. The van der Waals surface area contributed by atoms with Crippen LogP contribution >= 0.6 is 0 Å². The van der Waals surface area contributed by atoms with Gasteiger partial charge in [0.25, 0.3) is 5.91 Å². The number of esters is 1. The first kappa shape index (κ1) is 19.2. The van der Waals surface area contributed by atoms with E-state index in [-0.39, 0.29) is 25.5 Å². The van der Waals surface area contributed by atoms with Crippen molar-refractivity contribution in [2.24, 2.45) is 0 Å². The summed E-state index contributed by atoms with van der Waals surface area (Å²) < 4.78 is 5.20. The third-order valence-corrected chi connectivity index (χ3v) is 3.96. The fraction of sp³-hybridized carbons (Fsp3) is 0.286. The highest BCUT2D eigenvalue weighted by atomic mass is 16.5. The summed E-state index contributed by atoms with van der Waals surface area (Å²) in [6.45, 7) is 5.59. The van der Waals surface area contributed by atoms with Gasteiger partial charge in [-0.05, 0) is 55.7 Å². The lowest BCUT2D eigenvalue weighted by molar-refractivity contribution is -0.121. The van der Waals surface area contributed by atoms with Gasteiger partial charge in [0.15, 0.2) is 6.61 Å². The molecule has 0 radical (unpaired) electrons. The van der Waals surface area contributed by atoms with E-state index < -0.39 is 5.97 Å². The molecular formula is C21H22N2O3. The Morgan fingerprint density at radius 1 is 1.08 bits per heavy atom. The van der Waals surface area contributed by atoms with Crippen molar-refractivity contribution in [3.05, 3.63) is 64.7 Å². The van der Waals surface area contributed by atoms with Crippen molar-refractivity contribution in [2.75, 3.05) is 18.1 Å². The average Bonchev–Trinajstić information content (AvgIpc) is 2.59. The number of carbonyl (C=O) groups is 2. The van der Waals surface area contributed by atoms with Gasteiger partial charge in [0, 0.05) is 12.2 Å². The minimum Gasteiger partial charge on any atom is -0.452 e. The van der Waals surface area contributed by atoms with Gasteiger partial charge in [-0.3, -0.25) is 4.79 Å². The normalized spacial score (nSPS) is 10.1. The number of benzene rings is 2. The predicted octanol–water partition coefficient (Wildman–Crippen LogP) is 3.72. The molecule has 134 valence electrons. The van der Waals surface area contributed by atoms with E-state index in [2.05, 4.69) is 0 Å². The van der Waals surface area contributed by atoms with Crippen LogP contribution in [-0.4, -0.2) is 25.0 Å². The number of hydrogen-bond acceptors (Lipinski definition) is 4. The Hall–Kier alpha value is -3.13. The number of anilines is 1. The molecule has 0 atom stereocenters. The van der Waals surface area contributed by atoms with Crippen molar-refractivity contribution >= 4 is 17.6 Å². The van der Waals surface area contributed by atoms with Crippen LogP contribution in [0.15, 0.2) is 42.5 Å². The number of amides is 1. The van der Waals surface area contributed by atoms with E-state index in [4.69, 9.17) is 10.00 Å². The lowest BCUT2D eigenvalue weighted by atomic mass is 10.1. The van der Waals surface area contributed by atoms with Crippen molar-refractivity contribution in [1.82, 2.24) is 0 Å². The second-order valence-electron chi connectivity index (χ2n) is 6.19. The van der Waals surface area contributed by atoms with E-state index in [0.29, 0.717) is 11.3 Å². The maximum absolute atomic E-state index is 12.6. The summed E-state index contributed by atoms with van der Waals surface area (Å²) in [6, 6.07) is 14.9. The summed E-state index contributed by atoms with van der Waals surface area (Å²) in [7, 11) is 0. The molecule has 2 rings (SSSR count). The fourth-order valence-corrected chi connectivity index (χ4v) is 2.75. The molecule has 0 aromatic heterocycles. The van der Waals surface area contributed by atoms with Crippen molar-refractivity contribution in [1.29, 1.82) is 5.26 Å². The van der Waals surface area contributed by atoms with Gasteiger partial charge in [-0.1, -0.05) is 24.3 Å². The van der Waals surface area contributed by atoms with Crippen LogP contribution in [0, 0.1) is 32.1 Å².